The topological polar surface area (TPSA) is 52.6 Å². The fourth-order valence-corrected chi connectivity index (χ4v) is 7.05. The molecule has 180 valence electrons. The molecule has 0 amide bonds. The Kier molecular flexibility index (Phi) is 18.4. The Morgan fingerprint density at radius 1 is 0.636 bits per heavy atom. The van der Waals surface area contributed by atoms with Crippen molar-refractivity contribution in [3.05, 3.63) is 71.8 Å². The number of ether oxygens (including phenoxy) is 2. The zero-order chi connectivity index (χ0) is 24.0. The summed E-state index contributed by atoms with van der Waals surface area (Å²) < 4.78 is 13.6. The summed E-state index contributed by atoms with van der Waals surface area (Å²) in [7, 11) is 0. The molecule has 0 unspecified atom stereocenters. The van der Waals surface area contributed by atoms with Crippen molar-refractivity contribution in [1.82, 2.24) is 0 Å². The number of carbonyl (C=O) groups is 2. The fourth-order valence-electron chi connectivity index (χ4n) is 2.89. The average molecular weight is 559 g/mol. The van der Waals surface area contributed by atoms with Gasteiger partial charge in [-0.2, -0.15) is 0 Å². The summed E-state index contributed by atoms with van der Waals surface area (Å²) >= 11 is 0.149. The molecule has 0 aromatic heterocycles. The van der Waals surface area contributed by atoms with Gasteiger partial charge in [0.05, 0.1) is 0 Å². The molecule has 33 heavy (non-hydrogen) atoms. The molecule has 0 atom stereocenters. The van der Waals surface area contributed by atoms with Crippen molar-refractivity contribution in [2.45, 2.75) is 87.3 Å². The molecule has 2 aromatic rings. The van der Waals surface area contributed by atoms with E-state index in [2.05, 4.69) is 13.8 Å². The molecule has 0 heterocycles. The fraction of sp³-hybridized carbons (Fsp3) is 0.500. The van der Waals surface area contributed by atoms with Gasteiger partial charge in [-0.1, -0.05) is 60.7 Å². The van der Waals surface area contributed by atoms with E-state index in [0.717, 1.165) is 11.1 Å². The first-order chi connectivity index (χ1) is 16.2. The first-order valence-electron chi connectivity index (χ1n) is 12.3. The van der Waals surface area contributed by atoms with Crippen LogP contribution in [0, 0.1) is 0 Å². The van der Waals surface area contributed by atoms with Crippen molar-refractivity contribution >= 4 is 33.1 Å². The Morgan fingerprint density at radius 3 is 1.39 bits per heavy atom. The standard InChI is InChI=1S/C20H22O4.2C4H9.Sn/c21-19(23-15-17-9-3-1-4-10-17)13-7-8-14-20(22)24-16-18-11-5-2-6-12-18;2*1-3-4-2;/h1-6,9-12H,7-8,13-16H2;2*1,3-4H2,2H3;. The number of rotatable bonds is 15. The van der Waals surface area contributed by atoms with E-state index in [0.29, 0.717) is 38.9 Å². The predicted octanol–water partition coefficient (Wildman–Crippen LogP) is 7.16. The maximum atomic E-state index is 11.6. The number of esters is 2. The van der Waals surface area contributed by atoms with E-state index in [1.54, 1.807) is 8.87 Å². The second-order valence-corrected chi connectivity index (χ2v) is 12.2. The molecule has 0 aliphatic rings. The minimum atomic E-state index is -0.239. The SMILES string of the molecule is CCC[CH2][Sn][CH2]CCC.O=C(CCCCC(=O)OCc1ccccc1)OCc1ccccc1. The van der Waals surface area contributed by atoms with Crippen LogP contribution in [-0.4, -0.2) is 33.1 Å². The number of hydrogen-bond donors (Lipinski definition) is 0. The van der Waals surface area contributed by atoms with E-state index >= 15 is 0 Å². The average Bonchev–Trinajstić information content (AvgIpc) is 2.86. The third-order valence-corrected chi connectivity index (χ3v) is 8.95. The molecule has 0 bridgehead atoms. The molecule has 0 N–H and O–H groups in total. The van der Waals surface area contributed by atoms with Crippen LogP contribution in [0.4, 0.5) is 0 Å². The summed E-state index contributed by atoms with van der Waals surface area (Å²) in [4.78, 5) is 23.3. The summed E-state index contributed by atoms with van der Waals surface area (Å²) in [6, 6.07) is 19.1. The number of benzene rings is 2. The quantitative estimate of drug-likeness (QED) is 0.132. The summed E-state index contributed by atoms with van der Waals surface area (Å²) in [6.07, 6.45) is 7.71. The molecule has 0 aliphatic heterocycles. The van der Waals surface area contributed by atoms with E-state index in [1.165, 1.54) is 25.7 Å². The summed E-state index contributed by atoms with van der Waals surface area (Å²) in [5.41, 5.74) is 1.94. The van der Waals surface area contributed by atoms with Crippen molar-refractivity contribution in [2.75, 3.05) is 0 Å². The second kappa shape index (κ2) is 20.8. The second-order valence-electron chi connectivity index (χ2n) is 7.96. The molecule has 0 spiro atoms. The van der Waals surface area contributed by atoms with Gasteiger partial charge < -0.3 is 9.47 Å². The maximum Gasteiger partial charge on any atom is 0.306 e. The van der Waals surface area contributed by atoms with Gasteiger partial charge in [0.2, 0.25) is 0 Å². The van der Waals surface area contributed by atoms with Crippen LogP contribution in [0.3, 0.4) is 0 Å². The molecule has 0 saturated carbocycles. The molecule has 0 fully saturated rings. The van der Waals surface area contributed by atoms with E-state index in [9.17, 15) is 9.59 Å². The van der Waals surface area contributed by atoms with Gasteiger partial charge in [-0.15, -0.1) is 0 Å². The Bertz CT molecular complexity index is 671. The molecule has 2 aromatic carbocycles. The Hall–Kier alpha value is -1.82. The molecular formula is C28H40O4Sn. The van der Waals surface area contributed by atoms with E-state index in [-0.39, 0.29) is 33.1 Å². The summed E-state index contributed by atoms with van der Waals surface area (Å²) in [5.74, 6) is -0.479. The van der Waals surface area contributed by atoms with E-state index < -0.39 is 0 Å². The first kappa shape index (κ1) is 29.2. The van der Waals surface area contributed by atoms with Crippen LogP contribution in [0.1, 0.15) is 76.3 Å². The zero-order valence-electron chi connectivity index (χ0n) is 20.4. The third kappa shape index (κ3) is 17.3. The molecule has 2 rings (SSSR count). The molecular weight excluding hydrogens is 519 g/mol. The van der Waals surface area contributed by atoms with Crippen LogP contribution in [0.5, 0.6) is 0 Å². The smallest absolute Gasteiger partial charge is 0.306 e. The normalized spacial score (nSPS) is 10.1. The van der Waals surface area contributed by atoms with Gasteiger partial charge in [0.25, 0.3) is 0 Å². The minimum absolute atomic E-state index is 0.149. The van der Waals surface area contributed by atoms with Crippen molar-refractivity contribution in [2.24, 2.45) is 0 Å². The largest absolute Gasteiger partial charge is 0.461 e. The van der Waals surface area contributed by atoms with Gasteiger partial charge in [-0.25, -0.2) is 0 Å². The Morgan fingerprint density at radius 2 is 1.03 bits per heavy atom. The van der Waals surface area contributed by atoms with Crippen molar-refractivity contribution < 1.29 is 19.1 Å². The molecule has 4 nitrogen and oxygen atoms in total. The Balaban J connectivity index is 0.000000513. The van der Waals surface area contributed by atoms with Gasteiger partial charge in [-0.05, 0) is 24.0 Å². The monoisotopic (exact) mass is 560 g/mol. The maximum absolute atomic E-state index is 11.6. The number of unbranched alkanes of at least 4 members (excludes halogenated alkanes) is 3. The summed E-state index contributed by atoms with van der Waals surface area (Å²) in [5, 5.41) is 0. The first-order valence-corrected chi connectivity index (χ1v) is 16.3. The van der Waals surface area contributed by atoms with Crippen LogP contribution in [-0.2, 0) is 32.3 Å². The molecule has 2 radical (unpaired) electrons. The van der Waals surface area contributed by atoms with Gasteiger partial charge in [-0.3, -0.25) is 9.59 Å². The van der Waals surface area contributed by atoms with Crippen LogP contribution in [0.2, 0.25) is 8.87 Å². The van der Waals surface area contributed by atoms with Gasteiger partial charge in [0, 0.05) is 12.8 Å². The van der Waals surface area contributed by atoms with Gasteiger partial charge >= 0.3 is 81.5 Å². The van der Waals surface area contributed by atoms with Crippen molar-refractivity contribution in [1.29, 1.82) is 0 Å². The Labute approximate surface area is 210 Å². The molecule has 0 aliphatic carbocycles. The van der Waals surface area contributed by atoms with Crippen LogP contribution in [0.25, 0.3) is 0 Å². The van der Waals surface area contributed by atoms with Gasteiger partial charge in [0.1, 0.15) is 13.2 Å². The van der Waals surface area contributed by atoms with Gasteiger partial charge in [0.15, 0.2) is 0 Å². The van der Waals surface area contributed by atoms with Crippen LogP contribution >= 0.6 is 0 Å². The minimum Gasteiger partial charge on any atom is -0.461 e. The van der Waals surface area contributed by atoms with Crippen LogP contribution < -0.4 is 0 Å². The predicted molar refractivity (Wildman–Crippen MR) is 136 cm³/mol. The van der Waals surface area contributed by atoms with Crippen molar-refractivity contribution in [3.63, 3.8) is 0 Å². The molecule has 5 heteroatoms. The van der Waals surface area contributed by atoms with Crippen molar-refractivity contribution in [3.8, 4) is 0 Å². The number of carbonyl (C=O) groups excluding carboxylic acids is 2. The van der Waals surface area contributed by atoms with Crippen LogP contribution in [0.15, 0.2) is 60.7 Å². The third-order valence-electron chi connectivity index (χ3n) is 4.91. The number of hydrogen-bond acceptors (Lipinski definition) is 4. The zero-order valence-corrected chi connectivity index (χ0v) is 23.2. The summed E-state index contributed by atoms with van der Waals surface area (Å²) in [6.45, 7) is 5.16. The van der Waals surface area contributed by atoms with E-state index in [1.807, 2.05) is 60.7 Å². The van der Waals surface area contributed by atoms with E-state index in [4.69, 9.17) is 9.47 Å². The molecule has 0 saturated heterocycles.